The number of hydrogen-bond acceptors (Lipinski definition) is 3. The number of guanidine groups is 1. The second kappa shape index (κ2) is 10.2. The van der Waals surface area contributed by atoms with Crippen molar-refractivity contribution in [3.63, 3.8) is 0 Å². The van der Waals surface area contributed by atoms with Crippen molar-refractivity contribution in [1.29, 1.82) is 0 Å². The minimum Gasteiger partial charge on any atom is -0.377 e. The molecule has 1 N–H and O–H groups in total. The maximum absolute atomic E-state index is 5.36. The Kier molecular flexibility index (Phi) is 8.21. The molecule has 1 atom stereocenters. The van der Waals surface area contributed by atoms with E-state index in [0.717, 1.165) is 58.1 Å². The molecule has 1 aromatic heterocycles. The van der Waals surface area contributed by atoms with E-state index in [1.807, 2.05) is 25.0 Å². The second-order valence-corrected chi connectivity index (χ2v) is 6.74. The summed E-state index contributed by atoms with van der Waals surface area (Å²) in [6.07, 6.45) is 10.8. The van der Waals surface area contributed by atoms with Gasteiger partial charge in [-0.1, -0.05) is 11.6 Å². The minimum absolute atomic E-state index is 0. The number of nitrogens with one attached hydrogen (secondary N) is 1. The lowest BCUT2D eigenvalue weighted by atomic mass is 10.0. The van der Waals surface area contributed by atoms with Crippen molar-refractivity contribution in [3.8, 4) is 0 Å². The van der Waals surface area contributed by atoms with Gasteiger partial charge in [0.05, 0.1) is 19.4 Å². The van der Waals surface area contributed by atoms with Crippen LogP contribution in [0.25, 0.3) is 0 Å². The standard InChI is InChI=1S/C18H29N5O.HI/c1-19-18(20-7-3-15-5-9-24-10-6-15)23-8-4-16(14-23)11-17-12-21-22(2)13-17;/h5,12-13,16H,3-4,6-11,14H2,1-2H3,(H,19,20);1H. The zero-order valence-electron chi connectivity index (χ0n) is 15.3. The summed E-state index contributed by atoms with van der Waals surface area (Å²) in [5.41, 5.74) is 2.83. The highest BCUT2D eigenvalue weighted by atomic mass is 127. The van der Waals surface area contributed by atoms with Gasteiger partial charge < -0.3 is 15.0 Å². The first kappa shape index (κ1) is 20.2. The van der Waals surface area contributed by atoms with Crippen molar-refractivity contribution >= 4 is 29.9 Å². The molecule has 7 heteroatoms. The highest BCUT2D eigenvalue weighted by Gasteiger charge is 2.25. The summed E-state index contributed by atoms with van der Waals surface area (Å²) >= 11 is 0. The zero-order valence-corrected chi connectivity index (χ0v) is 17.6. The largest absolute Gasteiger partial charge is 0.377 e. The van der Waals surface area contributed by atoms with Gasteiger partial charge in [0.25, 0.3) is 0 Å². The summed E-state index contributed by atoms with van der Waals surface area (Å²) in [6.45, 7) is 4.74. The number of aromatic nitrogens is 2. The fourth-order valence-corrected chi connectivity index (χ4v) is 3.56. The first-order valence-electron chi connectivity index (χ1n) is 8.93. The smallest absolute Gasteiger partial charge is 0.193 e. The lowest BCUT2D eigenvalue weighted by Crippen LogP contribution is -2.40. The topological polar surface area (TPSA) is 54.7 Å². The van der Waals surface area contributed by atoms with E-state index in [1.165, 1.54) is 17.6 Å². The zero-order chi connectivity index (χ0) is 16.8. The summed E-state index contributed by atoms with van der Waals surface area (Å²) in [7, 11) is 3.86. The maximum Gasteiger partial charge on any atom is 0.193 e. The van der Waals surface area contributed by atoms with Gasteiger partial charge in [0.1, 0.15) is 0 Å². The molecule has 0 aliphatic carbocycles. The molecule has 1 saturated heterocycles. The number of nitrogens with zero attached hydrogens (tertiary/aromatic N) is 4. The van der Waals surface area contributed by atoms with Crippen molar-refractivity contribution in [1.82, 2.24) is 20.0 Å². The lowest BCUT2D eigenvalue weighted by molar-refractivity contribution is 0.153. The Morgan fingerprint density at radius 1 is 1.48 bits per heavy atom. The Bertz CT molecular complexity index is 598. The third-order valence-corrected chi connectivity index (χ3v) is 4.87. The normalized spacial score (nSPS) is 21.0. The number of hydrogen-bond donors (Lipinski definition) is 1. The highest BCUT2D eigenvalue weighted by molar-refractivity contribution is 14.0. The molecule has 2 aliphatic rings. The molecular weight excluding hydrogens is 429 g/mol. The van der Waals surface area contributed by atoms with Crippen LogP contribution >= 0.6 is 24.0 Å². The molecule has 3 heterocycles. The van der Waals surface area contributed by atoms with Crippen LogP contribution in [0.4, 0.5) is 0 Å². The van der Waals surface area contributed by atoms with Crippen molar-refractivity contribution in [2.24, 2.45) is 18.0 Å². The minimum atomic E-state index is 0. The van der Waals surface area contributed by atoms with Gasteiger partial charge in [-0.05, 0) is 37.2 Å². The van der Waals surface area contributed by atoms with Crippen LogP contribution in [0.2, 0.25) is 0 Å². The summed E-state index contributed by atoms with van der Waals surface area (Å²) in [5, 5.41) is 7.79. The van der Waals surface area contributed by atoms with Crippen LogP contribution in [0.5, 0.6) is 0 Å². The first-order valence-corrected chi connectivity index (χ1v) is 8.93. The molecule has 25 heavy (non-hydrogen) atoms. The van der Waals surface area contributed by atoms with Gasteiger partial charge in [-0.3, -0.25) is 9.67 Å². The predicted molar refractivity (Wildman–Crippen MR) is 112 cm³/mol. The molecule has 140 valence electrons. The van der Waals surface area contributed by atoms with Gasteiger partial charge >= 0.3 is 0 Å². The Balaban J connectivity index is 0.00000225. The molecule has 0 spiro atoms. The van der Waals surface area contributed by atoms with E-state index >= 15 is 0 Å². The number of aliphatic imine (C=N–C) groups is 1. The van der Waals surface area contributed by atoms with Crippen molar-refractivity contribution < 1.29 is 4.74 Å². The molecule has 6 nitrogen and oxygen atoms in total. The lowest BCUT2D eigenvalue weighted by Gasteiger charge is -2.22. The molecule has 3 rings (SSSR count). The first-order chi connectivity index (χ1) is 11.7. The number of ether oxygens (including phenoxy) is 1. The van der Waals surface area contributed by atoms with E-state index in [0.29, 0.717) is 5.92 Å². The molecule has 1 unspecified atom stereocenters. The van der Waals surface area contributed by atoms with E-state index in [9.17, 15) is 0 Å². The molecule has 0 radical (unpaired) electrons. The van der Waals surface area contributed by atoms with E-state index in [1.54, 1.807) is 0 Å². The Morgan fingerprint density at radius 3 is 3.04 bits per heavy atom. The Morgan fingerprint density at radius 2 is 2.36 bits per heavy atom. The summed E-state index contributed by atoms with van der Waals surface area (Å²) < 4.78 is 7.24. The van der Waals surface area contributed by atoms with Crippen LogP contribution in [-0.2, 0) is 18.2 Å². The molecule has 0 aromatic carbocycles. The van der Waals surface area contributed by atoms with E-state index in [2.05, 4.69) is 32.6 Å². The second-order valence-electron chi connectivity index (χ2n) is 6.74. The average Bonchev–Trinajstić information content (AvgIpc) is 3.22. The Hall–Kier alpha value is -1.09. The van der Waals surface area contributed by atoms with Gasteiger partial charge in [0, 0.05) is 39.9 Å². The molecule has 1 aromatic rings. The highest BCUT2D eigenvalue weighted by Crippen LogP contribution is 2.20. The monoisotopic (exact) mass is 459 g/mol. The van der Waals surface area contributed by atoms with Crippen LogP contribution in [0.15, 0.2) is 29.0 Å². The third kappa shape index (κ3) is 5.99. The van der Waals surface area contributed by atoms with E-state index < -0.39 is 0 Å². The van der Waals surface area contributed by atoms with Gasteiger partial charge in [0.15, 0.2) is 5.96 Å². The SMILES string of the molecule is CN=C(NCCC1=CCOCC1)N1CCC(Cc2cnn(C)c2)C1.I. The number of rotatable bonds is 5. The number of halogens is 1. The number of likely N-dealkylation sites (tertiary alicyclic amines) is 1. The molecule has 0 bridgehead atoms. The molecule has 0 saturated carbocycles. The quantitative estimate of drug-likeness (QED) is 0.318. The molecule has 0 amide bonds. The molecule has 1 fully saturated rings. The molecule has 2 aliphatic heterocycles. The van der Waals surface area contributed by atoms with Gasteiger partial charge in [0.2, 0.25) is 0 Å². The van der Waals surface area contributed by atoms with Crippen molar-refractivity contribution in [3.05, 3.63) is 29.6 Å². The number of aryl methyl sites for hydroxylation is 1. The van der Waals surface area contributed by atoms with Crippen LogP contribution in [0.3, 0.4) is 0 Å². The Labute approximate surface area is 167 Å². The third-order valence-electron chi connectivity index (χ3n) is 4.87. The summed E-state index contributed by atoms with van der Waals surface area (Å²) in [4.78, 5) is 6.86. The average molecular weight is 459 g/mol. The van der Waals surface area contributed by atoms with Gasteiger partial charge in [-0.25, -0.2) is 0 Å². The maximum atomic E-state index is 5.36. The predicted octanol–water partition coefficient (Wildman–Crippen LogP) is 2.21. The summed E-state index contributed by atoms with van der Waals surface area (Å²) in [6, 6.07) is 0. The van der Waals surface area contributed by atoms with Crippen LogP contribution in [-0.4, -0.2) is 60.5 Å². The fraction of sp³-hybridized carbons (Fsp3) is 0.667. The van der Waals surface area contributed by atoms with Crippen LogP contribution in [0, 0.1) is 5.92 Å². The van der Waals surface area contributed by atoms with Crippen molar-refractivity contribution in [2.75, 3.05) is 39.9 Å². The van der Waals surface area contributed by atoms with E-state index in [-0.39, 0.29) is 24.0 Å². The van der Waals surface area contributed by atoms with Crippen LogP contribution in [0.1, 0.15) is 24.8 Å². The van der Waals surface area contributed by atoms with Gasteiger partial charge in [-0.15, -0.1) is 24.0 Å². The fourth-order valence-electron chi connectivity index (χ4n) is 3.56. The summed E-state index contributed by atoms with van der Waals surface area (Å²) in [5.74, 6) is 1.72. The molecular formula is C18H30IN5O. The van der Waals surface area contributed by atoms with Crippen LogP contribution < -0.4 is 5.32 Å². The van der Waals surface area contributed by atoms with E-state index in [4.69, 9.17) is 4.74 Å². The van der Waals surface area contributed by atoms with Crippen molar-refractivity contribution in [2.45, 2.75) is 25.7 Å². The van der Waals surface area contributed by atoms with Gasteiger partial charge in [-0.2, -0.15) is 5.10 Å².